The molecule has 30 heavy (non-hydrogen) atoms. The summed E-state index contributed by atoms with van der Waals surface area (Å²) in [4.78, 5) is 23.8. The van der Waals surface area contributed by atoms with Crippen LogP contribution in [0.3, 0.4) is 0 Å². The van der Waals surface area contributed by atoms with Gasteiger partial charge < -0.3 is 24.6 Å². The van der Waals surface area contributed by atoms with E-state index in [2.05, 4.69) is 17.4 Å². The van der Waals surface area contributed by atoms with Crippen LogP contribution in [0.4, 0.5) is 4.79 Å². The molecule has 1 aliphatic carbocycles. The SMILES string of the molecule is O=C(N[C@@H](CCCC1OCCO1)C(=O)O)OCC1c2ccccc2-c2ccccc21. The lowest BCUT2D eigenvalue weighted by molar-refractivity contribution is -0.139. The van der Waals surface area contributed by atoms with Crippen molar-refractivity contribution in [2.24, 2.45) is 0 Å². The Morgan fingerprint density at radius 1 is 1.03 bits per heavy atom. The molecule has 4 rings (SSSR count). The molecule has 158 valence electrons. The smallest absolute Gasteiger partial charge is 0.407 e. The van der Waals surface area contributed by atoms with Gasteiger partial charge in [-0.15, -0.1) is 0 Å². The first-order chi connectivity index (χ1) is 14.6. The molecule has 1 fully saturated rings. The summed E-state index contributed by atoms with van der Waals surface area (Å²) in [5.41, 5.74) is 4.50. The van der Waals surface area contributed by atoms with Crippen molar-refractivity contribution in [2.45, 2.75) is 37.5 Å². The molecule has 1 heterocycles. The highest BCUT2D eigenvalue weighted by molar-refractivity contribution is 5.81. The van der Waals surface area contributed by atoms with Crippen LogP contribution in [0.15, 0.2) is 48.5 Å². The first kappa shape index (κ1) is 20.4. The van der Waals surface area contributed by atoms with Gasteiger partial charge in [-0.2, -0.15) is 0 Å². The lowest BCUT2D eigenvalue weighted by atomic mass is 9.98. The van der Waals surface area contributed by atoms with E-state index in [1.807, 2.05) is 36.4 Å². The van der Waals surface area contributed by atoms with Gasteiger partial charge in [0, 0.05) is 5.92 Å². The van der Waals surface area contributed by atoms with Crippen LogP contribution in [-0.2, 0) is 19.0 Å². The quantitative estimate of drug-likeness (QED) is 0.690. The molecule has 0 unspecified atom stereocenters. The number of nitrogens with one attached hydrogen (secondary N) is 1. The zero-order valence-electron chi connectivity index (χ0n) is 16.6. The van der Waals surface area contributed by atoms with E-state index in [9.17, 15) is 14.7 Å². The molecule has 0 radical (unpaired) electrons. The van der Waals surface area contributed by atoms with Gasteiger partial charge in [0.05, 0.1) is 13.2 Å². The molecule has 1 atom stereocenters. The maximum atomic E-state index is 12.3. The maximum absolute atomic E-state index is 12.3. The molecule has 2 N–H and O–H groups in total. The highest BCUT2D eigenvalue weighted by atomic mass is 16.7. The summed E-state index contributed by atoms with van der Waals surface area (Å²) in [5.74, 6) is -1.15. The second-order valence-corrected chi connectivity index (χ2v) is 7.46. The number of carbonyl (C=O) groups excluding carboxylic acids is 1. The Kier molecular flexibility index (Phi) is 6.30. The predicted octanol–water partition coefficient (Wildman–Crippen LogP) is 3.52. The highest BCUT2D eigenvalue weighted by Crippen LogP contribution is 2.44. The summed E-state index contributed by atoms with van der Waals surface area (Å²) >= 11 is 0. The normalized spacial score (nSPS) is 16.7. The average molecular weight is 411 g/mol. The van der Waals surface area contributed by atoms with Crippen LogP contribution in [0.1, 0.15) is 36.3 Å². The van der Waals surface area contributed by atoms with Gasteiger partial charge in [0.25, 0.3) is 0 Å². The molecule has 2 aliphatic rings. The molecular formula is C23H25NO6. The summed E-state index contributed by atoms with van der Waals surface area (Å²) in [6.45, 7) is 1.27. The number of carboxylic acid groups (broad SMARTS) is 1. The Labute approximate surface area is 174 Å². The zero-order chi connectivity index (χ0) is 20.9. The molecule has 2 aromatic carbocycles. The number of fused-ring (bicyclic) bond motifs is 3. The number of carbonyl (C=O) groups is 2. The van der Waals surface area contributed by atoms with Gasteiger partial charge in [0.1, 0.15) is 12.6 Å². The van der Waals surface area contributed by atoms with Crippen molar-refractivity contribution in [3.05, 3.63) is 59.7 Å². The number of alkyl carbamates (subject to hydrolysis) is 1. The Morgan fingerprint density at radius 2 is 1.63 bits per heavy atom. The fraction of sp³-hybridized carbons (Fsp3) is 0.391. The minimum Gasteiger partial charge on any atom is -0.480 e. The number of benzene rings is 2. The third kappa shape index (κ3) is 4.47. The van der Waals surface area contributed by atoms with E-state index >= 15 is 0 Å². The average Bonchev–Trinajstić information content (AvgIpc) is 3.38. The first-order valence-corrected chi connectivity index (χ1v) is 10.2. The molecule has 0 bridgehead atoms. The molecule has 0 saturated carbocycles. The standard InChI is InChI=1S/C23H25NO6/c25-22(26)20(10-5-11-21-28-12-13-29-21)24-23(27)30-14-19-17-8-3-1-6-15(17)16-7-2-4-9-18(16)19/h1-4,6-9,19-21H,5,10-14H2,(H,24,27)(H,25,26)/t20-/m0/s1. The topological polar surface area (TPSA) is 94.1 Å². The fourth-order valence-electron chi connectivity index (χ4n) is 4.10. The number of aliphatic carboxylic acids is 1. The minimum absolute atomic E-state index is 0.0666. The number of hydrogen-bond donors (Lipinski definition) is 2. The Morgan fingerprint density at radius 3 is 2.23 bits per heavy atom. The second-order valence-electron chi connectivity index (χ2n) is 7.46. The summed E-state index contributed by atoms with van der Waals surface area (Å²) < 4.78 is 16.1. The van der Waals surface area contributed by atoms with Crippen molar-refractivity contribution in [1.82, 2.24) is 5.32 Å². The van der Waals surface area contributed by atoms with E-state index in [1.54, 1.807) is 0 Å². The van der Waals surface area contributed by atoms with Crippen molar-refractivity contribution in [2.75, 3.05) is 19.8 Å². The lowest BCUT2D eigenvalue weighted by Crippen LogP contribution is -2.41. The third-order valence-corrected chi connectivity index (χ3v) is 5.56. The van der Waals surface area contributed by atoms with Gasteiger partial charge in [-0.1, -0.05) is 48.5 Å². The number of rotatable bonds is 8. The first-order valence-electron chi connectivity index (χ1n) is 10.2. The Balaban J connectivity index is 1.33. The van der Waals surface area contributed by atoms with Crippen molar-refractivity contribution in [3.8, 4) is 11.1 Å². The Hall–Kier alpha value is -2.90. The molecular weight excluding hydrogens is 386 g/mol. The fourth-order valence-corrected chi connectivity index (χ4v) is 4.10. The van der Waals surface area contributed by atoms with Gasteiger partial charge in [-0.25, -0.2) is 9.59 Å². The molecule has 0 spiro atoms. The number of ether oxygens (including phenoxy) is 3. The van der Waals surface area contributed by atoms with Gasteiger partial charge in [0.2, 0.25) is 0 Å². The lowest BCUT2D eigenvalue weighted by Gasteiger charge is -2.18. The van der Waals surface area contributed by atoms with Crippen LogP contribution in [0.25, 0.3) is 11.1 Å². The van der Waals surface area contributed by atoms with Crippen LogP contribution >= 0.6 is 0 Å². The van der Waals surface area contributed by atoms with Crippen LogP contribution < -0.4 is 5.32 Å². The highest BCUT2D eigenvalue weighted by Gasteiger charge is 2.29. The molecule has 0 aromatic heterocycles. The number of hydrogen-bond acceptors (Lipinski definition) is 5. The summed E-state index contributed by atoms with van der Waals surface area (Å²) in [7, 11) is 0. The largest absolute Gasteiger partial charge is 0.480 e. The van der Waals surface area contributed by atoms with Crippen molar-refractivity contribution < 1.29 is 28.9 Å². The monoisotopic (exact) mass is 411 g/mol. The van der Waals surface area contributed by atoms with Gasteiger partial charge in [0.15, 0.2) is 6.29 Å². The molecule has 7 heteroatoms. The minimum atomic E-state index is -1.09. The number of amides is 1. The zero-order valence-corrected chi connectivity index (χ0v) is 16.6. The van der Waals surface area contributed by atoms with Crippen LogP contribution in [0.2, 0.25) is 0 Å². The molecule has 2 aromatic rings. The van der Waals surface area contributed by atoms with Crippen LogP contribution in [0.5, 0.6) is 0 Å². The summed E-state index contributed by atoms with van der Waals surface area (Å²) in [6, 6.07) is 15.1. The summed E-state index contributed by atoms with van der Waals surface area (Å²) in [5, 5.41) is 11.9. The van der Waals surface area contributed by atoms with E-state index < -0.39 is 18.1 Å². The number of carboxylic acids is 1. The van der Waals surface area contributed by atoms with E-state index in [4.69, 9.17) is 14.2 Å². The van der Waals surface area contributed by atoms with E-state index in [0.29, 0.717) is 26.1 Å². The van der Waals surface area contributed by atoms with E-state index in [0.717, 1.165) is 22.3 Å². The van der Waals surface area contributed by atoms with Gasteiger partial charge in [-0.3, -0.25) is 0 Å². The molecule has 7 nitrogen and oxygen atoms in total. The van der Waals surface area contributed by atoms with E-state index in [-0.39, 0.29) is 25.2 Å². The molecule has 1 amide bonds. The van der Waals surface area contributed by atoms with Crippen molar-refractivity contribution >= 4 is 12.1 Å². The maximum Gasteiger partial charge on any atom is 0.407 e. The predicted molar refractivity (Wildman–Crippen MR) is 109 cm³/mol. The molecule has 1 saturated heterocycles. The van der Waals surface area contributed by atoms with Crippen LogP contribution in [-0.4, -0.2) is 49.3 Å². The summed E-state index contributed by atoms with van der Waals surface area (Å²) in [6.07, 6.45) is 0.427. The second kappa shape index (κ2) is 9.28. The van der Waals surface area contributed by atoms with Gasteiger partial charge >= 0.3 is 12.1 Å². The Bertz CT molecular complexity index is 863. The van der Waals surface area contributed by atoms with Gasteiger partial charge in [-0.05, 0) is 41.5 Å². The van der Waals surface area contributed by atoms with Crippen LogP contribution in [0, 0.1) is 0 Å². The third-order valence-electron chi connectivity index (χ3n) is 5.56. The van der Waals surface area contributed by atoms with Crippen molar-refractivity contribution in [1.29, 1.82) is 0 Å². The molecule has 1 aliphatic heterocycles. The van der Waals surface area contributed by atoms with E-state index in [1.165, 1.54) is 0 Å². The van der Waals surface area contributed by atoms with Crippen molar-refractivity contribution in [3.63, 3.8) is 0 Å².